The molecule has 3 aliphatic heterocycles. The lowest BCUT2D eigenvalue weighted by Gasteiger charge is -2.64. The molecule has 3 saturated heterocycles. The van der Waals surface area contributed by atoms with Crippen LogP contribution < -0.4 is 0 Å². The van der Waals surface area contributed by atoms with Gasteiger partial charge in [-0.25, -0.2) is 0 Å². The van der Waals surface area contributed by atoms with E-state index in [1.54, 1.807) is 0 Å². The van der Waals surface area contributed by atoms with E-state index in [-0.39, 0.29) is 0 Å². The van der Waals surface area contributed by atoms with Crippen molar-refractivity contribution in [2.75, 3.05) is 53.0 Å². The molecular formula is C15H27N3O. The molecule has 4 aliphatic rings. The molecule has 0 amide bonds. The van der Waals surface area contributed by atoms with E-state index in [2.05, 4.69) is 21.7 Å². The zero-order chi connectivity index (χ0) is 12.9. The number of ether oxygens (including phenoxy) is 1. The Morgan fingerprint density at radius 1 is 1.05 bits per heavy atom. The quantitative estimate of drug-likeness (QED) is 0.692. The summed E-state index contributed by atoms with van der Waals surface area (Å²) in [5.41, 5.74) is 0.448. The Bertz CT molecular complexity index is 336. The van der Waals surface area contributed by atoms with Gasteiger partial charge in [0.1, 0.15) is 0 Å². The molecule has 108 valence electrons. The van der Waals surface area contributed by atoms with Crippen molar-refractivity contribution in [1.29, 1.82) is 0 Å². The highest BCUT2D eigenvalue weighted by Crippen LogP contribution is 2.38. The van der Waals surface area contributed by atoms with Crippen molar-refractivity contribution < 1.29 is 4.74 Å². The van der Waals surface area contributed by atoms with Crippen LogP contribution in [0.5, 0.6) is 0 Å². The number of hydrogen-bond donors (Lipinski definition) is 0. The maximum atomic E-state index is 5.69. The van der Waals surface area contributed by atoms with Crippen molar-refractivity contribution in [2.45, 2.75) is 43.3 Å². The molecule has 1 saturated carbocycles. The molecule has 4 rings (SSSR count). The fraction of sp³-hybridized carbons (Fsp3) is 1.00. The number of nitrogens with zero attached hydrogens (tertiary/aromatic N) is 3. The number of piperazine rings is 1. The van der Waals surface area contributed by atoms with Crippen LogP contribution in [0.25, 0.3) is 0 Å². The van der Waals surface area contributed by atoms with Crippen molar-refractivity contribution in [2.24, 2.45) is 0 Å². The fourth-order valence-electron chi connectivity index (χ4n) is 4.97. The second-order valence-corrected chi connectivity index (χ2v) is 7.19. The van der Waals surface area contributed by atoms with E-state index in [0.717, 1.165) is 25.8 Å². The maximum absolute atomic E-state index is 5.69. The Morgan fingerprint density at radius 3 is 2.63 bits per heavy atom. The first-order valence-corrected chi connectivity index (χ1v) is 8.04. The average molecular weight is 265 g/mol. The summed E-state index contributed by atoms with van der Waals surface area (Å²) in [6.45, 7) is 8.08. The summed E-state index contributed by atoms with van der Waals surface area (Å²) < 4.78 is 5.69. The molecule has 0 radical (unpaired) electrons. The summed E-state index contributed by atoms with van der Waals surface area (Å²) in [6.07, 6.45) is 5.79. The molecule has 3 heterocycles. The molecule has 0 aromatic heterocycles. The molecule has 1 spiro atoms. The number of rotatable bonds is 1. The molecule has 4 heteroatoms. The second kappa shape index (κ2) is 4.69. The second-order valence-electron chi connectivity index (χ2n) is 7.19. The first-order valence-electron chi connectivity index (χ1n) is 8.04. The van der Waals surface area contributed by atoms with Gasteiger partial charge in [0.25, 0.3) is 0 Å². The zero-order valence-electron chi connectivity index (χ0n) is 12.2. The van der Waals surface area contributed by atoms with E-state index in [9.17, 15) is 0 Å². The molecule has 0 unspecified atom stereocenters. The highest BCUT2D eigenvalue weighted by atomic mass is 16.5. The van der Waals surface area contributed by atoms with Crippen molar-refractivity contribution in [3.63, 3.8) is 0 Å². The summed E-state index contributed by atoms with van der Waals surface area (Å²) in [6, 6.07) is 1.54. The Kier molecular flexibility index (Phi) is 3.10. The van der Waals surface area contributed by atoms with Gasteiger partial charge in [-0.05, 0) is 19.9 Å². The SMILES string of the molecule is CN1C[C@@H]2COCCN2C2(C1)CN(C1CCCC1)C2. The molecule has 1 atom stereocenters. The Balaban J connectivity index is 1.47. The smallest absolute Gasteiger partial charge is 0.0635 e. The monoisotopic (exact) mass is 265 g/mol. The highest BCUT2D eigenvalue weighted by molar-refractivity contribution is 5.12. The Morgan fingerprint density at radius 2 is 1.84 bits per heavy atom. The number of likely N-dealkylation sites (tertiary alicyclic amines) is 1. The van der Waals surface area contributed by atoms with Gasteiger partial charge in [-0.2, -0.15) is 0 Å². The van der Waals surface area contributed by atoms with Crippen molar-refractivity contribution in [3.05, 3.63) is 0 Å². The normalized spacial score (nSPS) is 37.4. The molecule has 0 aromatic carbocycles. The van der Waals surface area contributed by atoms with Crippen LogP contribution >= 0.6 is 0 Å². The predicted octanol–water partition coefficient (Wildman–Crippen LogP) is 0.630. The molecule has 4 nitrogen and oxygen atoms in total. The van der Waals surface area contributed by atoms with E-state index < -0.39 is 0 Å². The van der Waals surface area contributed by atoms with Gasteiger partial charge in [0, 0.05) is 44.8 Å². The lowest BCUT2D eigenvalue weighted by molar-refractivity contribution is -0.169. The summed E-state index contributed by atoms with van der Waals surface area (Å²) in [7, 11) is 2.28. The van der Waals surface area contributed by atoms with E-state index in [1.165, 1.54) is 51.9 Å². The first kappa shape index (κ1) is 12.6. The summed E-state index contributed by atoms with van der Waals surface area (Å²) in [4.78, 5) is 8.09. The average Bonchev–Trinajstić information content (AvgIpc) is 2.88. The fourth-order valence-corrected chi connectivity index (χ4v) is 4.97. The molecule has 1 aliphatic carbocycles. The number of fused-ring (bicyclic) bond motifs is 2. The van der Waals surface area contributed by atoms with Gasteiger partial charge >= 0.3 is 0 Å². The van der Waals surface area contributed by atoms with E-state index in [0.29, 0.717) is 11.6 Å². The van der Waals surface area contributed by atoms with Gasteiger partial charge in [-0.3, -0.25) is 9.80 Å². The van der Waals surface area contributed by atoms with E-state index >= 15 is 0 Å². The first-order chi connectivity index (χ1) is 9.27. The standard InChI is InChI=1S/C15H27N3O/c1-16-8-14-9-19-7-6-18(14)15(10-16)11-17(12-15)13-4-2-3-5-13/h13-14H,2-12H2,1H3/t14-/m1/s1. The zero-order valence-corrected chi connectivity index (χ0v) is 12.2. The minimum atomic E-state index is 0.448. The van der Waals surface area contributed by atoms with Gasteiger partial charge in [0.2, 0.25) is 0 Å². The highest BCUT2D eigenvalue weighted by Gasteiger charge is 2.54. The van der Waals surface area contributed by atoms with Crippen LogP contribution in [0.2, 0.25) is 0 Å². The van der Waals surface area contributed by atoms with E-state index in [1.807, 2.05) is 0 Å². The summed E-state index contributed by atoms with van der Waals surface area (Å²) >= 11 is 0. The summed E-state index contributed by atoms with van der Waals surface area (Å²) in [5.74, 6) is 0. The van der Waals surface area contributed by atoms with E-state index in [4.69, 9.17) is 4.74 Å². The number of likely N-dealkylation sites (N-methyl/N-ethyl adjacent to an activating group) is 1. The third-order valence-electron chi connectivity index (χ3n) is 5.76. The number of hydrogen-bond acceptors (Lipinski definition) is 4. The van der Waals surface area contributed by atoms with Crippen LogP contribution in [0.4, 0.5) is 0 Å². The topological polar surface area (TPSA) is 19.0 Å². The van der Waals surface area contributed by atoms with Crippen molar-refractivity contribution in [3.8, 4) is 0 Å². The minimum Gasteiger partial charge on any atom is -0.378 e. The third-order valence-corrected chi connectivity index (χ3v) is 5.76. The Hall–Kier alpha value is -0.160. The van der Waals surface area contributed by atoms with Gasteiger partial charge in [0.15, 0.2) is 0 Å². The van der Waals surface area contributed by atoms with Gasteiger partial charge in [-0.1, -0.05) is 12.8 Å². The molecule has 0 bridgehead atoms. The Labute approximate surface area is 116 Å². The van der Waals surface area contributed by atoms with Gasteiger partial charge in [-0.15, -0.1) is 0 Å². The van der Waals surface area contributed by atoms with Gasteiger partial charge < -0.3 is 9.64 Å². The van der Waals surface area contributed by atoms with Gasteiger partial charge in [0.05, 0.1) is 18.8 Å². The maximum Gasteiger partial charge on any atom is 0.0635 e. The third kappa shape index (κ3) is 2.04. The summed E-state index contributed by atoms with van der Waals surface area (Å²) in [5, 5.41) is 0. The van der Waals surface area contributed by atoms with Crippen LogP contribution in [0.3, 0.4) is 0 Å². The van der Waals surface area contributed by atoms with Crippen LogP contribution in [0, 0.1) is 0 Å². The van der Waals surface area contributed by atoms with Crippen LogP contribution in [-0.2, 0) is 4.74 Å². The van der Waals surface area contributed by atoms with Crippen LogP contribution in [0.15, 0.2) is 0 Å². The largest absolute Gasteiger partial charge is 0.378 e. The lowest BCUT2D eigenvalue weighted by atomic mass is 9.81. The van der Waals surface area contributed by atoms with Crippen molar-refractivity contribution in [1.82, 2.24) is 14.7 Å². The number of morpholine rings is 1. The molecule has 0 aromatic rings. The predicted molar refractivity (Wildman–Crippen MR) is 75.4 cm³/mol. The lowest BCUT2D eigenvalue weighted by Crippen LogP contribution is -2.81. The minimum absolute atomic E-state index is 0.448. The van der Waals surface area contributed by atoms with Crippen LogP contribution in [0.1, 0.15) is 25.7 Å². The molecular weight excluding hydrogens is 238 g/mol. The molecule has 0 N–H and O–H groups in total. The van der Waals surface area contributed by atoms with Crippen LogP contribution in [-0.4, -0.2) is 85.3 Å². The molecule has 19 heavy (non-hydrogen) atoms. The van der Waals surface area contributed by atoms with Crippen molar-refractivity contribution >= 4 is 0 Å². The molecule has 4 fully saturated rings.